The van der Waals surface area contributed by atoms with Crippen molar-refractivity contribution in [2.75, 3.05) is 17.7 Å². The van der Waals surface area contributed by atoms with Crippen LogP contribution in [0.25, 0.3) is 0 Å². The molecule has 2 N–H and O–H groups in total. The van der Waals surface area contributed by atoms with E-state index in [1.54, 1.807) is 6.20 Å². The molecule has 0 aliphatic heterocycles. The van der Waals surface area contributed by atoms with Crippen LogP contribution in [0.2, 0.25) is 0 Å². The van der Waals surface area contributed by atoms with Gasteiger partial charge >= 0.3 is 0 Å². The van der Waals surface area contributed by atoms with E-state index in [2.05, 4.69) is 20.9 Å². The van der Waals surface area contributed by atoms with Crippen LogP contribution in [0.4, 0.5) is 17.2 Å². The summed E-state index contributed by atoms with van der Waals surface area (Å²) in [7, 11) is 1.98. The lowest BCUT2D eigenvalue weighted by Gasteiger charge is -2.20. The molecule has 0 saturated heterocycles. The minimum Gasteiger partial charge on any atom is -0.397 e. The van der Waals surface area contributed by atoms with E-state index in [9.17, 15) is 0 Å². The van der Waals surface area contributed by atoms with E-state index in [4.69, 9.17) is 5.73 Å². The average molecular weight is 292 g/mol. The van der Waals surface area contributed by atoms with Gasteiger partial charge in [-0.3, -0.25) is 0 Å². The number of nitrogens with zero attached hydrogens (tertiary/aromatic N) is 2. The van der Waals surface area contributed by atoms with Gasteiger partial charge in [0.05, 0.1) is 16.4 Å². The molecule has 0 aliphatic carbocycles. The Hall–Kier alpha value is -1.55. The maximum atomic E-state index is 5.82. The predicted octanol–water partition coefficient (Wildman–Crippen LogP) is 3.50. The summed E-state index contributed by atoms with van der Waals surface area (Å²) < 4.78 is 0.934. The molecule has 0 saturated carbocycles. The molecule has 0 radical (unpaired) electrons. The number of aromatic nitrogens is 1. The molecule has 0 unspecified atom stereocenters. The number of nitrogen functional groups attached to an aromatic ring is 1. The van der Waals surface area contributed by atoms with Gasteiger partial charge in [0.25, 0.3) is 0 Å². The molecule has 0 atom stereocenters. The molecule has 0 spiro atoms. The maximum Gasteiger partial charge on any atom is 0.147 e. The zero-order chi connectivity index (χ0) is 12.4. The van der Waals surface area contributed by atoms with E-state index >= 15 is 0 Å². The van der Waals surface area contributed by atoms with Crippen LogP contribution < -0.4 is 10.6 Å². The van der Waals surface area contributed by atoms with Crippen LogP contribution >= 0.6 is 15.9 Å². The molecule has 1 aromatic heterocycles. The van der Waals surface area contributed by atoms with Crippen molar-refractivity contribution >= 4 is 33.1 Å². The Kier molecular flexibility index (Phi) is 3.33. The Morgan fingerprint density at radius 1 is 1.24 bits per heavy atom. The fraction of sp³-hybridized carbons (Fsp3) is 0.154. The van der Waals surface area contributed by atoms with Gasteiger partial charge in [-0.15, -0.1) is 0 Å². The second-order valence-corrected chi connectivity index (χ2v) is 4.66. The molecule has 0 bridgehead atoms. The van der Waals surface area contributed by atoms with E-state index in [1.165, 1.54) is 0 Å². The second kappa shape index (κ2) is 4.75. The molecular formula is C13H14BrN3. The van der Waals surface area contributed by atoms with Crippen molar-refractivity contribution in [3.05, 3.63) is 46.6 Å². The summed E-state index contributed by atoms with van der Waals surface area (Å²) in [6.07, 6.45) is 1.69. The van der Waals surface area contributed by atoms with E-state index in [0.29, 0.717) is 5.69 Å². The van der Waals surface area contributed by atoms with Gasteiger partial charge in [-0.25, -0.2) is 4.98 Å². The van der Waals surface area contributed by atoms with Crippen LogP contribution in [0, 0.1) is 6.92 Å². The van der Waals surface area contributed by atoms with E-state index in [1.807, 2.05) is 49.2 Å². The number of hydrogen-bond acceptors (Lipinski definition) is 3. The van der Waals surface area contributed by atoms with Gasteiger partial charge in [0.2, 0.25) is 0 Å². The number of nitrogens with two attached hydrogens (primary N) is 1. The molecule has 0 fully saturated rings. The normalized spacial score (nSPS) is 10.3. The van der Waals surface area contributed by atoms with Gasteiger partial charge < -0.3 is 10.6 Å². The number of anilines is 3. The first kappa shape index (κ1) is 11.9. The summed E-state index contributed by atoms with van der Waals surface area (Å²) in [5.41, 5.74) is 8.61. The van der Waals surface area contributed by atoms with E-state index in [0.717, 1.165) is 21.5 Å². The summed E-state index contributed by atoms with van der Waals surface area (Å²) in [5, 5.41) is 0. The second-order valence-electron chi connectivity index (χ2n) is 3.87. The summed E-state index contributed by atoms with van der Waals surface area (Å²) in [6.45, 7) is 1.98. The standard InChI is InChI=1S/C13H14BrN3/c1-9-11(15)8-16-13(12(9)14)17(2)10-6-4-3-5-7-10/h3-8H,15H2,1-2H3. The summed E-state index contributed by atoms with van der Waals surface area (Å²) in [4.78, 5) is 6.39. The largest absolute Gasteiger partial charge is 0.397 e. The highest BCUT2D eigenvalue weighted by atomic mass is 79.9. The summed E-state index contributed by atoms with van der Waals surface area (Å²) in [5.74, 6) is 0.864. The lowest BCUT2D eigenvalue weighted by atomic mass is 10.2. The fourth-order valence-corrected chi connectivity index (χ4v) is 2.18. The molecule has 4 heteroatoms. The van der Waals surface area contributed by atoms with Crippen LogP contribution in [0.1, 0.15) is 5.56 Å². The smallest absolute Gasteiger partial charge is 0.147 e. The minimum atomic E-state index is 0.696. The van der Waals surface area contributed by atoms with Crippen molar-refractivity contribution in [3.8, 4) is 0 Å². The number of rotatable bonds is 2. The highest BCUT2D eigenvalue weighted by molar-refractivity contribution is 9.10. The Bertz CT molecular complexity index is 526. The maximum absolute atomic E-state index is 5.82. The highest BCUT2D eigenvalue weighted by Crippen LogP contribution is 2.33. The number of benzene rings is 1. The first-order chi connectivity index (χ1) is 8.11. The number of hydrogen-bond donors (Lipinski definition) is 1. The van der Waals surface area contributed by atoms with Crippen molar-refractivity contribution in [2.24, 2.45) is 0 Å². The number of halogens is 1. The van der Waals surface area contributed by atoms with Crippen LogP contribution in [0.3, 0.4) is 0 Å². The molecule has 2 rings (SSSR count). The van der Waals surface area contributed by atoms with Crippen molar-refractivity contribution in [1.82, 2.24) is 4.98 Å². The van der Waals surface area contributed by atoms with Crippen molar-refractivity contribution in [2.45, 2.75) is 6.92 Å². The third kappa shape index (κ3) is 2.26. The molecule has 3 nitrogen and oxygen atoms in total. The minimum absolute atomic E-state index is 0.696. The summed E-state index contributed by atoms with van der Waals surface area (Å²) >= 11 is 3.54. The first-order valence-corrected chi connectivity index (χ1v) is 6.10. The fourth-order valence-electron chi connectivity index (χ4n) is 1.59. The first-order valence-electron chi connectivity index (χ1n) is 5.30. The molecule has 1 aromatic carbocycles. The average Bonchev–Trinajstić information content (AvgIpc) is 2.36. The van der Waals surface area contributed by atoms with Crippen molar-refractivity contribution < 1.29 is 0 Å². The van der Waals surface area contributed by atoms with E-state index in [-0.39, 0.29) is 0 Å². The topological polar surface area (TPSA) is 42.1 Å². The van der Waals surface area contributed by atoms with Gasteiger partial charge in [0.1, 0.15) is 5.82 Å². The Labute approximate surface area is 109 Å². The van der Waals surface area contributed by atoms with Crippen LogP contribution in [-0.2, 0) is 0 Å². The number of para-hydroxylation sites is 1. The Morgan fingerprint density at radius 2 is 1.88 bits per heavy atom. The molecule has 1 heterocycles. The number of pyridine rings is 1. The van der Waals surface area contributed by atoms with Gasteiger partial charge in [0, 0.05) is 12.7 Å². The molecular weight excluding hydrogens is 278 g/mol. The van der Waals surface area contributed by atoms with Crippen molar-refractivity contribution in [1.29, 1.82) is 0 Å². The predicted molar refractivity (Wildman–Crippen MR) is 75.6 cm³/mol. The van der Waals surface area contributed by atoms with Gasteiger partial charge in [-0.05, 0) is 40.5 Å². The van der Waals surface area contributed by atoms with Gasteiger partial charge in [-0.2, -0.15) is 0 Å². The third-order valence-electron chi connectivity index (χ3n) is 2.75. The lowest BCUT2D eigenvalue weighted by Crippen LogP contribution is -2.12. The van der Waals surface area contributed by atoms with Crippen LogP contribution in [-0.4, -0.2) is 12.0 Å². The zero-order valence-corrected chi connectivity index (χ0v) is 11.4. The monoisotopic (exact) mass is 291 g/mol. The SMILES string of the molecule is Cc1c(N)cnc(N(C)c2ccccc2)c1Br. The lowest BCUT2D eigenvalue weighted by molar-refractivity contribution is 1.11. The highest BCUT2D eigenvalue weighted by Gasteiger charge is 2.12. The summed E-state index contributed by atoms with van der Waals surface area (Å²) in [6, 6.07) is 10.1. The molecule has 88 valence electrons. The Morgan fingerprint density at radius 3 is 2.53 bits per heavy atom. The van der Waals surface area contributed by atoms with Gasteiger partial charge in [-0.1, -0.05) is 18.2 Å². The van der Waals surface area contributed by atoms with E-state index < -0.39 is 0 Å². The molecule has 17 heavy (non-hydrogen) atoms. The molecule has 2 aromatic rings. The van der Waals surface area contributed by atoms with Crippen molar-refractivity contribution in [3.63, 3.8) is 0 Å². The third-order valence-corrected chi connectivity index (χ3v) is 3.70. The molecule has 0 amide bonds. The quantitative estimate of drug-likeness (QED) is 0.921. The Balaban J connectivity index is 2.45. The molecule has 0 aliphatic rings. The van der Waals surface area contributed by atoms with Crippen LogP contribution in [0.5, 0.6) is 0 Å². The zero-order valence-electron chi connectivity index (χ0n) is 9.81. The van der Waals surface area contributed by atoms with Crippen LogP contribution in [0.15, 0.2) is 41.0 Å². The van der Waals surface area contributed by atoms with Gasteiger partial charge in [0.15, 0.2) is 0 Å².